The third-order valence-electron chi connectivity index (χ3n) is 7.99. The molecule has 2 aromatic carbocycles. The van der Waals surface area contributed by atoms with Crippen LogP contribution in [0.1, 0.15) is 52.6 Å². The fraction of sp³-hybridized carbons (Fsp3) is 0.464. The highest BCUT2D eigenvalue weighted by Crippen LogP contribution is 2.39. The first-order valence-corrected chi connectivity index (χ1v) is 13.6. The quantitative estimate of drug-likeness (QED) is 0.453. The Balaban J connectivity index is 1.24. The second-order valence-corrected chi connectivity index (χ2v) is 11.8. The SMILES string of the molecule is C[C@H]1CCCN(Cc2cc(Br)cc(N3Cc4ccc(C5(Cc6nncn6C)COC5)cc4C3=O)c2)C1. The molecule has 3 aliphatic heterocycles. The van der Waals surface area contributed by atoms with Gasteiger partial charge in [0.05, 0.1) is 19.8 Å². The number of anilines is 1. The minimum Gasteiger partial charge on any atom is -0.379 e. The van der Waals surface area contributed by atoms with Crippen LogP contribution in [0, 0.1) is 5.92 Å². The largest absolute Gasteiger partial charge is 0.379 e. The number of ether oxygens (including phenoxy) is 1. The van der Waals surface area contributed by atoms with Gasteiger partial charge in [-0.2, -0.15) is 0 Å². The van der Waals surface area contributed by atoms with Gasteiger partial charge in [-0.15, -0.1) is 10.2 Å². The van der Waals surface area contributed by atoms with Crippen molar-refractivity contribution in [3.05, 3.63) is 75.3 Å². The minimum absolute atomic E-state index is 0.0662. The van der Waals surface area contributed by atoms with Crippen LogP contribution in [0.4, 0.5) is 5.69 Å². The van der Waals surface area contributed by atoms with Crippen LogP contribution >= 0.6 is 15.9 Å². The van der Waals surface area contributed by atoms with E-state index in [0.29, 0.717) is 19.8 Å². The Hall–Kier alpha value is -2.55. The van der Waals surface area contributed by atoms with E-state index >= 15 is 0 Å². The van der Waals surface area contributed by atoms with Crippen molar-refractivity contribution in [1.82, 2.24) is 19.7 Å². The number of benzene rings is 2. The van der Waals surface area contributed by atoms with Crippen molar-refractivity contribution in [2.24, 2.45) is 13.0 Å². The molecule has 36 heavy (non-hydrogen) atoms. The summed E-state index contributed by atoms with van der Waals surface area (Å²) in [5.74, 6) is 1.74. The van der Waals surface area contributed by atoms with E-state index < -0.39 is 0 Å². The third-order valence-corrected chi connectivity index (χ3v) is 8.44. The van der Waals surface area contributed by atoms with Gasteiger partial charge in [0.2, 0.25) is 0 Å². The van der Waals surface area contributed by atoms with Crippen LogP contribution in [0.2, 0.25) is 0 Å². The van der Waals surface area contributed by atoms with Gasteiger partial charge in [-0.05, 0) is 66.3 Å². The molecule has 188 valence electrons. The first-order chi connectivity index (χ1) is 17.4. The van der Waals surface area contributed by atoms with Crippen molar-refractivity contribution in [2.75, 3.05) is 31.2 Å². The van der Waals surface area contributed by atoms with E-state index in [0.717, 1.165) is 64.6 Å². The highest BCUT2D eigenvalue weighted by Gasteiger charge is 2.43. The van der Waals surface area contributed by atoms with Crippen LogP contribution in [0.3, 0.4) is 0 Å². The molecule has 8 heteroatoms. The van der Waals surface area contributed by atoms with Gasteiger partial charge in [0.15, 0.2) is 0 Å². The predicted molar refractivity (Wildman–Crippen MR) is 142 cm³/mol. The van der Waals surface area contributed by atoms with Crippen molar-refractivity contribution in [2.45, 2.75) is 44.7 Å². The molecule has 0 radical (unpaired) electrons. The number of hydrogen-bond acceptors (Lipinski definition) is 5. The summed E-state index contributed by atoms with van der Waals surface area (Å²) in [4.78, 5) is 18.1. The Morgan fingerprint density at radius 1 is 1.19 bits per heavy atom. The number of rotatable bonds is 6. The number of hydrogen-bond donors (Lipinski definition) is 0. The monoisotopic (exact) mass is 549 g/mol. The average molecular weight is 551 g/mol. The zero-order valence-electron chi connectivity index (χ0n) is 20.9. The number of aryl methyl sites for hydroxylation is 1. The Morgan fingerprint density at radius 3 is 2.78 bits per heavy atom. The van der Waals surface area contributed by atoms with E-state index in [9.17, 15) is 4.79 Å². The van der Waals surface area contributed by atoms with E-state index in [4.69, 9.17) is 4.74 Å². The molecular weight excluding hydrogens is 518 g/mol. The zero-order chi connectivity index (χ0) is 24.9. The summed E-state index contributed by atoms with van der Waals surface area (Å²) in [7, 11) is 1.96. The maximum atomic E-state index is 13.7. The minimum atomic E-state index is -0.169. The van der Waals surface area contributed by atoms with Crippen molar-refractivity contribution in [3.8, 4) is 0 Å². The summed E-state index contributed by atoms with van der Waals surface area (Å²) in [6.45, 7) is 7.38. The molecule has 2 fully saturated rings. The van der Waals surface area contributed by atoms with Crippen molar-refractivity contribution in [1.29, 1.82) is 0 Å². The molecule has 1 aromatic heterocycles. The van der Waals surface area contributed by atoms with Gasteiger partial charge in [0.25, 0.3) is 5.91 Å². The molecule has 0 aliphatic carbocycles. The van der Waals surface area contributed by atoms with E-state index in [-0.39, 0.29) is 11.3 Å². The maximum absolute atomic E-state index is 13.7. The first kappa shape index (κ1) is 23.8. The van der Waals surface area contributed by atoms with Gasteiger partial charge in [0.1, 0.15) is 12.2 Å². The smallest absolute Gasteiger partial charge is 0.258 e. The molecule has 1 amide bonds. The molecule has 0 unspecified atom stereocenters. The predicted octanol–water partition coefficient (Wildman–Crippen LogP) is 4.48. The molecule has 0 spiro atoms. The van der Waals surface area contributed by atoms with Gasteiger partial charge in [-0.1, -0.05) is 35.0 Å². The topological polar surface area (TPSA) is 63.5 Å². The van der Waals surface area contributed by atoms with Crippen LogP contribution in [0.25, 0.3) is 0 Å². The highest BCUT2D eigenvalue weighted by molar-refractivity contribution is 9.10. The van der Waals surface area contributed by atoms with Crippen LogP contribution in [0.15, 0.2) is 47.2 Å². The Morgan fingerprint density at radius 2 is 2.06 bits per heavy atom. The number of carbonyl (C=O) groups is 1. The Labute approximate surface area is 220 Å². The molecule has 2 saturated heterocycles. The van der Waals surface area contributed by atoms with Crippen LogP contribution < -0.4 is 4.90 Å². The fourth-order valence-electron chi connectivity index (χ4n) is 5.90. The van der Waals surface area contributed by atoms with Crippen LogP contribution in [-0.2, 0) is 36.7 Å². The lowest BCUT2D eigenvalue weighted by atomic mass is 9.75. The second kappa shape index (κ2) is 9.39. The van der Waals surface area contributed by atoms with E-state index in [1.54, 1.807) is 6.33 Å². The highest BCUT2D eigenvalue weighted by atomic mass is 79.9. The average Bonchev–Trinajstić information content (AvgIpc) is 3.38. The standard InChI is InChI=1S/C28H32BrN5O2/c1-19-4-3-7-33(13-19)14-20-8-23(29)11-24(9-20)34-15-21-5-6-22(10-25(21)27(34)35)28(16-36-17-28)12-26-31-30-18-32(26)2/h5-6,8-11,18-19H,3-4,7,12-17H2,1-2H3/t19-/m0/s1. The summed E-state index contributed by atoms with van der Waals surface area (Å²) >= 11 is 3.70. The molecule has 0 bridgehead atoms. The van der Waals surface area contributed by atoms with Gasteiger partial charge < -0.3 is 14.2 Å². The van der Waals surface area contributed by atoms with Crippen molar-refractivity contribution in [3.63, 3.8) is 0 Å². The van der Waals surface area contributed by atoms with E-state index in [2.05, 4.69) is 74.3 Å². The van der Waals surface area contributed by atoms with E-state index in [1.807, 2.05) is 16.5 Å². The summed E-state index contributed by atoms with van der Waals surface area (Å²) in [6, 6.07) is 12.8. The fourth-order valence-corrected chi connectivity index (χ4v) is 6.43. The molecule has 4 heterocycles. The van der Waals surface area contributed by atoms with Crippen molar-refractivity contribution >= 4 is 27.5 Å². The lowest BCUT2D eigenvalue weighted by Gasteiger charge is -2.41. The second-order valence-electron chi connectivity index (χ2n) is 10.9. The number of aromatic nitrogens is 3. The number of amides is 1. The molecule has 0 saturated carbocycles. The molecule has 3 aliphatic rings. The van der Waals surface area contributed by atoms with Gasteiger partial charge in [0, 0.05) is 47.7 Å². The molecule has 1 atom stereocenters. The number of piperidine rings is 1. The molecular formula is C28H32BrN5O2. The number of halogens is 1. The summed E-state index contributed by atoms with van der Waals surface area (Å²) in [6.07, 6.45) is 5.04. The third kappa shape index (κ3) is 4.40. The normalized spacial score (nSPS) is 21.5. The Bertz CT molecular complexity index is 1300. The number of nitrogens with zero attached hydrogens (tertiary/aromatic N) is 5. The Kier molecular flexibility index (Phi) is 6.22. The van der Waals surface area contributed by atoms with Crippen molar-refractivity contribution < 1.29 is 9.53 Å². The number of likely N-dealkylation sites (tertiary alicyclic amines) is 1. The van der Waals surface area contributed by atoms with Crippen LogP contribution in [-0.4, -0.2) is 51.9 Å². The summed E-state index contributed by atoms with van der Waals surface area (Å²) in [5.41, 5.74) is 5.03. The number of fused-ring (bicyclic) bond motifs is 1. The zero-order valence-corrected chi connectivity index (χ0v) is 22.5. The molecule has 0 N–H and O–H groups in total. The van der Waals surface area contributed by atoms with E-state index in [1.165, 1.54) is 18.4 Å². The maximum Gasteiger partial charge on any atom is 0.258 e. The van der Waals surface area contributed by atoms with Crippen LogP contribution in [0.5, 0.6) is 0 Å². The lowest BCUT2D eigenvalue weighted by Crippen LogP contribution is -2.49. The van der Waals surface area contributed by atoms with Gasteiger partial charge in [-0.3, -0.25) is 9.69 Å². The van der Waals surface area contributed by atoms with Gasteiger partial charge >= 0.3 is 0 Å². The first-order valence-electron chi connectivity index (χ1n) is 12.8. The summed E-state index contributed by atoms with van der Waals surface area (Å²) in [5, 5.41) is 8.31. The molecule has 7 nitrogen and oxygen atoms in total. The number of carbonyl (C=O) groups excluding carboxylic acids is 1. The summed E-state index contributed by atoms with van der Waals surface area (Å²) < 4.78 is 8.62. The molecule has 6 rings (SSSR count). The molecule has 3 aromatic rings. The lowest BCUT2D eigenvalue weighted by molar-refractivity contribution is -0.0611. The van der Waals surface area contributed by atoms with Gasteiger partial charge in [-0.25, -0.2) is 0 Å².